The number of aryl methyl sites for hydroxylation is 2. The summed E-state index contributed by atoms with van der Waals surface area (Å²) in [7, 11) is 1.56. The Hall–Kier alpha value is -1.35. The molecule has 0 aliphatic rings. The summed E-state index contributed by atoms with van der Waals surface area (Å²) < 4.78 is 5.28. The molecule has 1 rings (SSSR count). The third-order valence-corrected chi connectivity index (χ3v) is 3.25. The summed E-state index contributed by atoms with van der Waals surface area (Å²) in [5, 5.41) is 2.93. The first-order valence-electron chi connectivity index (χ1n) is 5.87. The molecule has 0 bridgehead atoms. The van der Waals surface area contributed by atoms with Gasteiger partial charge in [0, 0.05) is 12.8 Å². The molecule has 0 aliphatic carbocycles. The number of amides is 1. The van der Waals surface area contributed by atoms with Crippen LogP contribution >= 0.6 is 0 Å². The predicted molar refractivity (Wildman–Crippen MR) is 70.3 cm³/mol. The van der Waals surface area contributed by atoms with E-state index < -0.39 is 5.60 Å². The highest BCUT2D eigenvalue weighted by Crippen LogP contribution is 2.21. The maximum absolute atomic E-state index is 12.1. The van der Waals surface area contributed by atoms with Crippen LogP contribution in [0, 0.1) is 13.8 Å². The molecule has 0 fully saturated rings. The van der Waals surface area contributed by atoms with Crippen LogP contribution in [0.3, 0.4) is 0 Å². The van der Waals surface area contributed by atoms with Gasteiger partial charge in [0.05, 0.1) is 0 Å². The van der Waals surface area contributed by atoms with Gasteiger partial charge in [-0.2, -0.15) is 0 Å². The number of benzene rings is 1. The van der Waals surface area contributed by atoms with Crippen LogP contribution in [0.2, 0.25) is 0 Å². The standard InChI is InChI=1S/C14H21NO2/c1-6-14(4,17-5)13(16)15-12-9-10(2)7-8-11(12)3/h7-9H,6H2,1-5H3,(H,15,16). The second kappa shape index (κ2) is 5.32. The molecule has 0 heterocycles. The minimum atomic E-state index is -0.768. The first kappa shape index (κ1) is 13.7. The fraction of sp³-hybridized carbons (Fsp3) is 0.500. The molecule has 0 radical (unpaired) electrons. The van der Waals surface area contributed by atoms with Crippen LogP contribution in [-0.4, -0.2) is 18.6 Å². The lowest BCUT2D eigenvalue weighted by molar-refractivity contribution is -0.136. The lowest BCUT2D eigenvalue weighted by atomic mass is 10.0. The van der Waals surface area contributed by atoms with Gasteiger partial charge in [0.2, 0.25) is 0 Å². The molecule has 3 nitrogen and oxygen atoms in total. The van der Waals surface area contributed by atoms with E-state index in [2.05, 4.69) is 5.32 Å². The Kier molecular flexibility index (Phi) is 4.29. The summed E-state index contributed by atoms with van der Waals surface area (Å²) in [6, 6.07) is 6.00. The summed E-state index contributed by atoms with van der Waals surface area (Å²) in [5.74, 6) is -0.101. The van der Waals surface area contributed by atoms with Crippen LogP contribution < -0.4 is 5.32 Å². The fourth-order valence-corrected chi connectivity index (χ4v) is 1.52. The first-order chi connectivity index (χ1) is 7.92. The largest absolute Gasteiger partial charge is 0.369 e. The Morgan fingerprint density at radius 3 is 2.59 bits per heavy atom. The molecular formula is C14H21NO2. The predicted octanol–water partition coefficient (Wildman–Crippen LogP) is 3.06. The van der Waals surface area contributed by atoms with Crippen LogP contribution in [0.4, 0.5) is 5.69 Å². The lowest BCUT2D eigenvalue weighted by Crippen LogP contribution is -2.41. The molecule has 1 amide bonds. The molecule has 0 saturated heterocycles. The molecule has 1 N–H and O–H groups in total. The van der Waals surface area contributed by atoms with Gasteiger partial charge in [0.15, 0.2) is 0 Å². The Morgan fingerprint density at radius 1 is 1.41 bits per heavy atom. The average molecular weight is 235 g/mol. The smallest absolute Gasteiger partial charge is 0.256 e. The highest BCUT2D eigenvalue weighted by molar-refractivity contribution is 5.97. The minimum absolute atomic E-state index is 0.101. The molecular weight excluding hydrogens is 214 g/mol. The summed E-state index contributed by atoms with van der Waals surface area (Å²) in [6.45, 7) is 7.72. The van der Waals surface area contributed by atoms with Crippen LogP contribution in [0.15, 0.2) is 18.2 Å². The van der Waals surface area contributed by atoms with E-state index in [-0.39, 0.29) is 5.91 Å². The van der Waals surface area contributed by atoms with Gasteiger partial charge in [0.1, 0.15) is 5.60 Å². The van der Waals surface area contributed by atoms with Crippen LogP contribution in [0.1, 0.15) is 31.4 Å². The Bertz CT molecular complexity index is 409. The van der Waals surface area contributed by atoms with Gasteiger partial charge >= 0.3 is 0 Å². The molecule has 94 valence electrons. The van der Waals surface area contributed by atoms with Crippen molar-refractivity contribution in [3.63, 3.8) is 0 Å². The summed E-state index contributed by atoms with van der Waals surface area (Å²) >= 11 is 0. The van der Waals surface area contributed by atoms with E-state index in [1.165, 1.54) is 0 Å². The zero-order valence-corrected chi connectivity index (χ0v) is 11.3. The van der Waals surface area contributed by atoms with Gasteiger partial charge < -0.3 is 10.1 Å². The molecule has 1 atom stereocenters. The Labute approximate surface area is 103 Å². The maximum Gasteiger partial charge on any atom is 0.256 e. The number of ether oxygens (including phenoxy) is 1. The molecule has 0 saturated carbocycles. The van der Waals surface area contributed by atoms with Crippen molar-refractivity contribution >= 4 is 11.6 Å². The third kappa shape index (κ3) is 3.07. The monoisotopic (exact) mass is 235 g/mol. The van der Waals surface area contributed by atoms with E-state index in [9.17, 15) is 4.79 Å². The molecule has 0 spiro atoms. The SMILES string of the molecule is CCC(C)(OC)C(=O)Nc1cc(C)ccc1C. The van der Waals surface area contributed by atoms with E-state index in [1.807, 2.05) is 39.0 Å². The third-order valence-electron chi connectivity index (χ3n) is 3.25. The second-order valence-corrected chi connectivity index (χ2v) is 4.56. The molecule has 0 aliphatic heterocycles. The molecule has 1 aromatic rings. The van der Waals surface area contributed by atoms with Gasteiger partial charge in [-0.3, -0.25) is 4.79 Å². The van der Waals surface area contributed by atoms with Gasteiger partial charge in [-0.1, -0.05) is 19.1 Å². The van der Waals surface area contributed by atoms with Crippen molar-refractivity contribution < 1.29 is 9.53 Å². The van der Waals surface area contributed by atoms with Gasteiger partial charge in [-0.05, 0) is 44.4 Å². The number of rotatable bonds is 4. The molecule has 17 heavy (non-hydrogen) atoms. The number of anilines is 1. The first-order valence-corrected chi connectivity index (χ1v) is 5.87. The molecule has 0 aromatic heterocycles. The zero-order valence-electron chi connectivity index (χ0n) is 11.3. The highest BCUT2D eigenvalue weighted by Gasteiger charge is 2.31. The summed E-state index contributed by atoms with van der Waals surface area (Å²) in [5.41, 5.74) is 2.27. The maximum atomic E-state index is 12.1. The van der Waals surface area contributed by atoms with Crippen molar-refractivity contribution in [3.05, 3.63) is 29.3 Å². The van der Waals surface area contributed by atoms with Crippen LogP contribution in [0.5, 0.6) is 0 Å². The van der Waals surface area contributed by atoms with Gasteiger partial charge in [0.25, 0.3) is 5.91 Å². The lowest BCUT2D eigenvalue weighted by Gasteiger charge is -2.25. The highest BCUT2D eigenvalue weighted by atomic mass is 16.5. The van der Waals surface area contributed by atoms with Gasteiger partial charge in [-0.25, -0.2) is 0 Å². The molecule has 1 unspecified atom stereocenters. The van der Waals surface area contributed by atoms with Crippen molar-refractivity contribution in [1.29, 1.82) is 0 Å². The Balaban J connectivity index is 2.91. The van der Waals surface area contributed by atoms with E-state index in [0.29, 0.717) is 6.42 Å². The fourth-order valence-electron chi connectivity index (χ4n) is 1.52. The molecule has 3 heteroatoms. The zero-order chi connectivity index (χ0) is 13.1. The van der Waals surface area contributed by atoms with Crippen molar-refractivity contribution in [2.45, 2.75) is 39.7 Å². The van der Waals surface area contributed by atoms with Crippen molar-refractivity contribution in [3.8, 4) is 0 Å². The molecule has 1 aromatic carbocycles. The van der Waals surface area contributed by atoms with Crippen molar-refractivity contribution in [1.82, 2.24) is 0 Å². The van der Waals surface area contributed by atoms with E-state index in [0.717, 1.165) is 16.8 Å². The quantitative estimate of drug-likeness (QED) is 0.871. The minimum Gasteiger partial charge on any atom is -0.369 e. The topological polar surface area (TPSA) is 38.3 Å². The summed E-state index contributed by atoms with van der Waals surface area (Å²) in [4.78, 5) is 12.1. The van der Waals surface area contributed by atoms with Crippen LogP contribution in [-0.2, 0) is 9.53 Å². The number of nitrogens with one attached hydrogen (secondary N) is 1. The Morgan fingerprint density at radius 2 is 2.06 bits per heavy atom. The van der Waals surface area contributed by atoms with E-state index in [4.69, 9.17) is 4.74 Å². The number of hydrogen-bond donors (Lipinski definition) is 1. The van der Waals surface area contributed by atoms with E-state index >= 15 is 0 Å². The average Bonchev–Trinajstić information content (AvgIpc) is 2.32. The number of hydrogen-bond acceptors (Lipinski definition) is 2. The van der Waals surface area contributed by atoms with Gasteiger partial charge in [-0.15, -0.1) is 0 Å². The van der Waals surface area contributed by atoms with Crippen molar-refractivity contribution in [2.75, 3.05) is 12.4 Å². The number of carbonyl (C=O) groups is 1. The van der Waals surface area contributed by atoms with Crippen LogP contribution in [0.25, 0.3) is 0 Å². The number of methoxy groups -OCH3 is 1. The second-order valence-electron chi connectivity index (χ2n) is 4.56. The number of carbonyl (C=O) groups excluding carboxylic acids is 1. The van der Waals surface area contributed by atoms with E-state index in [1.54, 1.807) is 14.0 Å². The normalized spacial score (nSPS) is 14.2. The summed E-state index contributed by atoms with van der Waals surface area (Å²) in [6.07, 6.45) is 0.639. The van der Waals surface area contributed by atoms with Crippen molar-refractivity contribution in [2.24, 2.45) is 0 Å².